The van der Waals surface area contributed by atoms with E-state index in [0.29, 0.717) is 5.92 Å². The summed E-state index contributed by atoms with van der Waals surface area (Å²) < 4.78 is 6.16. The second-order valence-electron chi connectivity index (χ2n) is 10.9. The fourth-order valence-electron chi connectivity index (χ4n) is 4.89. The van der Waals surface area contributed by atoms with Gasteiger partial charge in [-0.3, -0.25) is 4.99 Å². The summed E-state index contributed by atoms with van der Waals surface area (Å²) in [6, 6.07) is 23.8. The molecule has 0 bridgehead atoms. The van der Waals surface area contributed by atoms with Gasteiger partial charge in [-0.15, -0.1) is 0 Å². The highest BCUT2D eigenvalue weighted by Gasteiger charge is 2.14. The van der Waals surface area contributed by atoms with Gasteiger partial charge >= 0.3 is 0 Å². The van der Waals surface area contributed by atoms with Gasteiger partial charge in [0.2, 0.25) is 0 Å². The third-order valence-corrected chi connectivity index (χ3v) is 7.62. The van der Waals surface area contributed by atoms with Gasteiger partial charge in [0.15, 0.2) is 0 Å². The van der Waals surface area contributed by atoms with E-state index in [-0.39, 0.29) is 0 Å². The van der Waals surface area contributed by atoms with Gasteiger partial charge < -0.3 is 9.64 Å². The Morgan fingerprint density at radius 1 is 0.902 bits per heavy atom. The first-order valence-electron chi connectivity index (χ1n) is 15.5. The van der Waals surface area contributed by atoms with Crippen molar-refractivity contribution < 1.29 is 4.74 Å². The van der Waals surface area contributed by atoms with Gasteiger partial charge in [-0.2, -0.15) is 0 Å². The van der Waals surface area contributed by atoms with Crippen molar-refractivity contribution in [2.45, 2.75) is 80.1 Å². The number of hydrogen-bond acceptors (Lipinski definition) is 3. The van der Waals surface area contributed by atoms with Crippen LogP contribution in [0.25, 0.3) is 5.57 Å². The summed E-state index contributed by atoms with van der Waals surface area (Å²) in [5.74, 6) is 1.69. The predicted molar refractivity (Wildman–Crippen MR) is 181 cm³/mol. The molecule has 0 amide bonds. The minimum absolute atomic E-state index is 0.659. The molecule has 3 aromatic carbocycles. The van der Waals surface area contributed by atoms with Crippen LogP contribution in [-0.4, -0.2) is 44.4 Å². The molecule has 0 N–H and O–H groups in total. The quantitative estimate of drug-likeness (QED) is 0.300. The van der Waals surface area contributed by atoms with Crippen LogP contribution in [0, 0.1) is 6.92 Å². The topological polar surface area (TPSA) is 24.8 Å². The number of fused-ring (bicyclic) bond motifs is 1. The minimum atomic E-state index is 0.659. The lowest BCUT2D eigenvalue weighted by Crippen LogP contribution is -2.25. The number of ether oxygens (including phenoxy) is 1. The second-order valence-corrected chi connectivity index (χ2v) is 10.9. The van der Waals surface area contributed by atoms with Crippen molar-refractivity contribution in [3.05, 3.63) is 106 Å². The van der Waals surface area contributed by atoms with Crippen molar-refractivity contribution in [3.63, 3.8) is 0 Å². The largest absolute Gasteiger partial charge is 0.492 e. The first-order chi connectivity index (χ1) is 19.8. The molecule has 1 aliphatic rings. The lowest BCUT2D eigenvalue weighted by atomic mass is 9.92. The van der Waals surface area contributed by atoms with Crippen LogP contribution in [-0.2, 0) is 6.42 Å². The smallest absolute Gasteiger partial charge is 0.122 e. The summed E-state index contributed by atoms with van der Waals surface area (Å²) in [6.45, 7) is 17.7. The van der Waals surface area contributed by atoms with E-state index < -0.39 is 0 Å². The van der Waals surface area contributed by atoms with Crippen LogP contribution in [0.3, 0.4) is 0 Å². The molecule has 1 heterocycles. The van der Waals surface area contributed by atoms with Gasteiger partial charge in [0.05, 0.1) is 5.71 Å². The number of allylic oxidation sites excluding steroid dienone is 2. The van der Waals surface area contributed by atoms with Crippen LogP contribution >= 0.6 is 0 Å². The fraction of sp³-hybridized carbons (Fsp3) is 0.447. The predicted octanol–water partition coefficient (Wildman–Crippen LogP) is 9.76. The highest BCUT2D eigenvalue weighted by atomic mass is 16.5. The summed E-state index contributed by atoms with van der Waals surface area (Å²) in [5.41, 5.74) is 9.93. The van der Waals surface area contributed by atoms with Crippen molar-refractivity contribution in [3.8, 4) is 5.75 Å². The van der Waals surface area contributed by atoms with E-state index in [1.165, 1.54) is 58.2 Å². The normalized spacial score (nSPS) is 14.9. The molecule has 3 heteroatoms. The number of hydrogen-bond donors (Lipinski definition) is 0. The summed E-state index contributed by atoms with van der Waals surface area (Å²) >= 11 is 0. The molecule has 4 rings (SSSR count). The van der Waals surface area contributed by atoms with Crippen LogP contribution in [0.1, 0.15) is 100 Å². The maximum atomic E-state index is 6.16. The lowest BCUT2D eigenvalue weighted by molar-refractivity contribution is 0.236. The molecule has 0 saturated carbocycles. The molecule has 1 aliphatic heterocycles. The average molecular weight is 555 g/mol. The Labute approximate surface area is 251 Å². The molecular formula is C38H54N2O. The Bertz CT molecular complexity index is 1240. The number of benzene rings is 3. The molecule has 0 radical (unpaired) electrons. The Hall–Kier alpha value is -3.17. The zero-order chi connectivity index (χ0) is 30.2. The third-order valence-electron chi connectivity index (χ3n) is 7.62. The van der Waals surface area contributed by atoms with E-state index in [1.54, 1.807) is 0 Å². The maximum absolute atomic E-state index is 6.16. The first-order valence-corrected chi connectivity index (χ1v) is 15.5. The van der Waals surface area contributed by atoms with E-state index in [0.717, 1.165) is 37.6 Å². The number of rotatable bonds is 4. The van der Waals surface area contributed by atoms with Crippen molar-refractivity contribution in [2.75, 3.05) is 33.8 Å². The summed E-state index contributed by atoms with van der Waals surface area (Å²) in [6.07, 6.45) is 6.92. The summed E-state index contributed by atoms with van der Waals surface area (Å²) in [4.78, 5) is 7.08. The average Bonchev–Trinajstić information content (AvgIpc) is 3.04. The lowest BCUT2D eigenvalue weighted by Gasteiger charge is -2.17. The van der Waals surface area contributed by atoms with Gasteiger partial charge in [0.1, 0.15) is 12.4 Å². The van der Waals surface area contributed by atoms with E-state index >= 15 is 0 Å². The molecule has 3 nitrogen and oxygen atoms in total. The molecule has 0 aromatic heterocycles. The van der Waals surface area contributed by atoms with Gasteiger partial charge in [-0.1, -0.05) is 82.7 Å². The molecule has 0 aliphatic carbocycles. The number of likely N-dealkylation sites (N-methyl/N-ethyl adjacent to an activating group) is 1. The van der Waals surface area contributed by atoms with Crippen LogP contribution in [0.15, 0.2) is 77.8 Å². The molecule has 0 spiro atoms. The second kappa shape index (κ2) is 18.3. The Kier molecular flexibility index (Phi) is 15.2. The van der Waals surface area contributed by atoms with Gasteiger partial charge in [-0.25, -0.2) is 0 Å². The molecule has 41 heavy (non-hydrogen) atoms. The molecule has 0 fully saturated rings. The SMILES string of the molecule is C/C=C(/C)c1ccc(C)c(C(=NC)c2ccc3c(c2)CCCCCN(C)CCO3)c1.CC.CC(C)c1ccccc1. The van der Waals surface area contributed by atoms with Gasteiger partial charge in [0.25, 0.3) is 0 Å². The third kappa shape index (κ3) is 10.6. The van der Waals surface area contributed by atoms with E-state index in [9.17, 15) is 0 Å². The molecule has 222 valence electrons. The molecule has 0 unspecified atom stereocenters. The van der Waals surface area contributed by atoms with Crippen LogP contribution in [0.4, 0.5) is 0 Å². The fourth-order valence-corrected chi connectivity index (χ4v) is 4.89. The van der Waals surface area contributed by atoms with Crippen molar-refractivity contribution in [1.82, 2.24) is 4.90 Å². The highest BCUT2D eigenvalue weighted by molar-refractivity contribution is 6.14. The molecule has 3 aromatic rings. The summed E-state index contributed by atoms with van der Waals surface area (Å²) in [5, 5.41) is 0. The number of nitrogens with zero attached hydrogens (tertiary/aromatic N) is 2. The first kappa shape index (κ1) is 34.0. The Balaban J connectivity index is 0.000000450. The van der Waals surface area contributed by atoms with Crippen molar-refractivity contribution >= 4 is 11.3 Å². The van der Waals surface area contributed by atoms with E-state index in [1.807, 2.05) is 27.0 Å². The minimum Gasteiger partial charge on any atom is -0.492 e. The zero-order valence-electron chi connectivity index (χ0n) is 27.3. The summed E-state index contributed by atoms with van der Waals surface area (Å²) in [7, 11) is 4.08. The van der Waals surface area contributed by atoms with Crippen LogP contribution in [0.5, 0.6) is 5.75 Å². The number of aliphatic imine (C=N–C) groups is 1. The highest BCUT2D eigenvalue weighted by Crippen LogP contribution is 2.27. The zero-order valence-corrected chi connectivity index (χ0v) is 27.3. The van der Waals surface area contributed by atoms with E-state index in [2.05, 4.69) is 113 Å². The van der Waals surface area contributed by atoms with Gasteiger partial charge in [0, 0.05) is 24.7 Å². The monoisotopic (exact) mass is 554 g/mol. The van der Waals surface area contributed by atoms with Crippen molar-refractivity contribution in [2.24, 2.45) is 4.99 Å². The number of aryl methyl sites for hydroxylation is 2. The van der Waals surface area contributed by atoms with E-state index in [4.69, 9.17) is 9.73 Å². The standard InChI is InChI=1S/C27H36N2O.C9H12.C2H6/c1-6-20(2)22-12-11-21(3)25(19-22)27(28-4)24-13-14-26-23(18-24)10-8-7-9-15-29(5)16-17-30-26;1-8(2)9-6-4-3-5-7-9;1-2/h6,11-14,18-19H,7-10,15-17H2,1-5H3;3-8H,1-2H3;1-2H3/b20-6-,28-27?;;. The van der Waals surface area contributed by atoms with Crippen LogP contribution in [0.2, 0.25) is 0 Å². The maximum Gasteiger partial charge on any atom is 0.122 e. The van der Waals surface area contributed by atoms with Crippen LogP contribution < -0.4 is 4.74 Å². The molecule has 0 atom stereocenters. The van der Waals surface area contributed by atoms with Gasteiger partial charge in [-0.05, 0) is 112 Å². The van der Waals surface area contributed by atoms with Crippen molar-refractivity contribution in [1.29, 1.82) is 0 Å². The Morgan fingerprint density at radius 2 is 1.61 bits per heavy atom. The molecular weight excluding hydrogens is 500 g/mol. The molecule has 0 saturated heterocycles. The Morgan fingerprint density at radius 3 is 2.24 bits per heavy atom.